The molecule has 1 aliphatic heterocycles. The Bertz CT molecular complexity index is 770. The summed E-state index contributed by atoms with van der Waals surface area (Å²) in [5.74, 6) is 0.803. The number of nitriles is 1. The molecular formula is C20H24N4O. The predicted molar refractivity (Wildman–Crippen MR) is 95.7 cm³/mol. The molecule has 130 valence electrons. The number of nitrogens with zero attached hydrogens (tertiary/aromatic N) is 3. The molecule has 25 heavy (non-hydrogen) atoms. The van der Waals surface area contributed by atoms with E-state index in [4.69, 9.17) is 10.00 Å². The lowest BCUT2D eigenvalue weighted by atomic mass is 9.99. The monoisotopic (exact) mass is 336 g/mol. The lowest BCUT2D eigenvalue weighted by Crippen LogP contribution is -2.39. The van der Waals surface area contributed by atoms with Gasteiger partial charge in [-0.25, -0.2) is 0 Å². The van der Waals surface area contributed by atoms with Gasteiger partial charge in [0, 0.05) is 43.6 Å². The van der Waals surface area contributed by atoms with E-state index in [0.717, 1.165) is 43.2 Å². The predicted octanol–water partition coefficient (Wildman–Crippen LogP) is 3.01. The van der Waals surface area contributed by atoms with Crippen LogP contribution in [0, 0.1) is 17.2 Å². The third-order valence-electron chi connectivity index (χ3n) is 5.24. The average Bonchev–Trinajstić information content (AvgIpc) is 3.43. The molecular weight excluding hydrogens is 312 g/mol. The number of aryl methyl sites for hydroxylation is 1. The second-order valence-electron chi connectivity index (χ2n) is 7.21. The summed E-state index contributed by atoms with van der Waals surface area (Å²) in [6, 6.07) is 10.3. The fraction of sp³-hybridized carbons (Fsp3) is 0.500. The Balaban J connectivity index is 1.44. The summed E-state index contributed by atoms with van der Waals surface area (Å²) in [5, 5.41) is 17.3. The maximum absolute atomic E-state index is 8.96. The van der Waals surface area contributed by atoms with Gasteiger partial charge >= 0.3 is 0 Å². The standard InChI is InChI=1S/C20H24N4O/c1-24-13-17(20(23-24)16-4-2-14(11-21)3-5-16)12-22-18-8-9-25-19(10-18)15-6-7-15/h2-5,13,15,18-19,22H,6-10,12H2,1H3/t18-,19+/m1/s1. The van der Waals surface area contributed by atoms with Crippen molar-refractivity contribution in [3.05, 3.63) is 41.6 Å². The minimum absolute atomic E-state index is 0.457. The fourth-order valence-electron chi connectivity index (χ4n) is 3.68. The lowest BCUT2D eigenvalue weighted by Gasteiger charge is -2.30. The normalized spacial score (nSPS) is 23.4. The van der Waals surface area contributed by atoms with Crippen LogP contribution in [-0.4, -0.2) is 28.5 Å². The first kappa shape index (κ1) is 16.3. The number of aromatic nitrogens is 2. The van der Waals surface area contributed by atoms with Crippen molar-refractivity contribution in [2.75, 3.05) is 6.61 Å². The Morgan fingerprint density at radius 2 is 2.08 bits per heavy atom. The van der Waals surface area contributed by atoms with Crippen molar-refractivity contribution < 1.29 is 4.74 Å². The van der Waals surface area contributed by atoms with E-state index in [2.05, 4.69) is 22.7 Å². The maximum Gasteiger partial charge on any atom is 0.0991 e. The highest BCUT2D eigenvalue weighted by Crippen LogP contribution is 2.38. The van der Waals surface area contributed by atoms with Crippen LogP contribution in [0.15, 0.2) is 30.5 Å². The van der Waals surface area contributed by atoms with Crippen LogP contribution in [0.4, 0.5) is 0 Å². The van der Waals surface area contributed by atoms with E-state index in [1.54, 1.807) is 0 Å². The number of hydrogen-bond donors (Lipinski definition) is 1. The third-order valence-corrected chi connectivity index (χ3v) is 5.24. The van der Waals surface area contributed by atoms with Crippen molar-refractivity contribution in [3.8, 4) is 17.3 Å². The molecule has 2 fully saturated rings. The Morgan fingerprint density at radius 1 is 1.28 bits per heavy atom. The molecule has 2 aromatic rings. The van der Waals surface area contributed by atoms with Gasteiger partial charge in [0.15, 0.2) is 0 Å². The minimum atomic E-state index is 0.457. The highest BCUT2D eigenvalue weighted by Gasteiger charge is 2.35. The lowest BCUT2D eigenvalue weighted by molar-refractivity contribution is -0.0113. The van der Waals surface area contributed by atoms with Crippen LogP contribution in [-0.2, 0) is 18.3 Å². The summed E-state index contributed by atoms with van der Waals surface area (Å²) in [6.45, 7) is 1.68. The Morgan fingerprint density at radius 3 is 2.80 bits per heavy atom. The molecule has 1 aromatic heterocycles. The number of hydrogen-bond acceptors (Lipinski definition) is 4. The number of ether oxygens (including phenoxy) is 1. The summed E-state index contributed by atoms with van der Waals surface area (Å²) in [6.07, 6.45) is 7.41. The van der Waals surface area contributed by atoms with Gasteiger partial charge in [0.25, 0.3) is 0 Å². The first-order valence-electron chi connectivity index (χ1n) is 9.11. The van der Waals surface area contributed by atoms with Crippen LogP contribution >= 0.6 is 0 Å². The van der Waals surface area contributed by atoms with Crippen LogP contribution in [0.2, 0.25) is 0 Å². The van der Waals surface area contributed by atoms with Gasteiger partial charge in [0.05, 0.1) is 23.4 Å². The zero-order chi connectivity index (χ0) is 17.2. The summed E-state index contributed by atoms with van der Waals surface area (Å²) in [4.78, 5) is 0. The molecule has 4 rings (SSSR count). The first-order chi connectivity index (χ1) is 12.2. The highest BCUT2D eigenvalue weighted by atomic mass is 16.5. The van der Waals surface area contributed by atoms with Gasteiger partial charge in [-0.1, -0.05) is 12.1 Å². The van der Waals surface area contributed by atoms with Crippen molar-refractivity contribution in [1.82, 2.24) is 15.1 Å². The smallest absolute Gasteiger partial charge is 0.0991 e. The molecule has 5 nitrogen and oxygen atoms in total. The van der Waals surface area contributed by atoms with E-state index in [1.165, 1.54) is 18.4 Å². The second kappa shape index (κ2) is 6.99. The number of rotatable bonds is 5. The minimum Gasteiger partial charge on any atom is -0.378 e. The molecule has 0 amide bonds. The number of benzene rings is 1. The average molecular weight is 336 g/mol. The van der Waals surface area contributed by atoms with Gasteiger partial charge in [-0.15, -0.1) is 0 Å². The van der Waals surface area contributed by atoms with E-state index in [-0.39, 0.29) is 0 Å². The quantitative estimate of drug-likeness (QED) is 0.912. The Kier molecular flexibility index (Phi) is 4.56. The molecule has 1 N–H and O–H groups in total. The molecule has 0 bridgehead atoms. The highest BCUT2D eigenvalue weighted by molar-refractivity contribution is 5.63. The zero-order valence-corrected chi connectivity index (χ0v) is 14.6. The van der Waals surface area contributed by atoms with E-state index in [9.17, 15) is 0 Å². The largest absolute Gasteiger partial charge is 0.378 e. The molecule has 0 radical (unpaired) electrons. The number of nitrogens with one attached hydrogen (secondary N) is 1. The maximum atomic E-state index is 8.96. The van der Waals surface area contributed by atoms with Crippen LogP contribution in [0.25, 0.3) is 11.3 Å². The van der Waals surface area contributed by atoms with Crippen LogP contribution in [0.1, 0.15) is 36.8 Å². The first-order valence-corrected chi connectivity index (χ1v) is 9.11. The van der Waals surface area contributed by atoms with Crippen LogP contribution in [0.3, 0.4) is 0 Å². The topological polar surface area (TPSA) is 62.9 Å². The van der Waals surface area contributed by atoms with Crippen molar-refractivity contribution in [2.45, 2.75) is 44.4 Å². The van der Waals surface area contributed by atoms with E-state index < -0.39 is 0 Å². The van der Waals surface area contributed by atoms with Gasteiger partial charge in [-0.3, -0.25) is 4.68 Å². The van der Waals surface area contributed by atoms with E-state index >= 15 is 0 Å². The molecule has 1 aromatic carbocycles. The molecule has 2 heterocycles. The van der Waals surface area contributed by atoms with Gasteiger partial charge in [-0.05, 0) is 43.7 Å². The van der Waals surface area contributed by atoms with Gasteiger partial charge in [0.2, 0.25) is 0 Å². The molecule has 2 aliphatic rings. The molecule has 0 spiro atoms. The van der Waals surface area contributed by atoms with Crippen molar-refractivity contribution >= 4 is 0 Å². The molecule has 0 unspecified atom stereocenters. The third kappa shape index (κ3) is 3.76. The molecule has 2 atom stereocenters. The van der Waals surface area contributed by atoms with E-state index in [0.29, 0.717) is 17.7 Å². The van der Waals surface area contributed by atoms with E-state index in [1.807, 2.05) is 36.0 Å². The summed E-state index contributed by atoms with van der Waals surface area (Å²) in [7, 11) is 1.95. The SMILES string of the molecule is Cn1cc(CN[C@@H]2CCO[C@H](C3CC3)C2)c(-c2ccc(C#N)cc2)n1. The molecule has 1 saturated carbocycles. The Labute approximate surface area is 148 Å². The Hall–Kier alpha value is -2.16. The van der Waals surface area contributed by atoms with Gasteiger partial charge < -0.3 is 10.1 Å². The van der Waals surface area contributed by atoms with Crippen molar-refractivity contribution in [2.24, 2.45) is 13.0 Å². The van der Waals surface area contributed by atoms with Crippen molar-refractivity contribution in [1.29, 1.82) is 5.26 Å². The summed E-state index contributed by atoms with van der Waals surface area (Å²) in [5.41, 5.74) is 3.92. The molecule has 5 heteroatoms. The van der Waals surface area contributed by atoms with Crippen LogP contribution < -0.4 is 5.32 Å². The second-order valence-corrected chi connectivity index (χ2v) is 7.21. The van der Waals surface area contributed by atoms with Crippen LogP contribution in [0.5, 0.6) is 0 Å². The van der Waals surface area contributed by atoms with Gasteiger partial charge in [-0.2, -0.15) is 10.4 Å². The van der Waals surface area contributed by atoms with Crippen molar-refractivity contribution in [3.63, 3.8) is 0 Å². The molecule has 1 aliphatic carbocycles. The summed E-state index contributed by atoms with van der Waals surface area (Å²) < 4.78 is 7.78. The summed E-state index contributed by atoms with van der Waals surface area (Å²) >= 11 is 0. The molecule has 1 saturated heterocycles. The zero-order valence-electron chi connectivity index (χ0n) is 14.6. The van der Waals surface area contributed by atoms with Gasteiger partial charge in [0.1, 0.15) is 0 Å². The fourth-order valence-corrected chi connectivity index (χ4v) is 3.68.